The summed E-state index contributed by atoms with van der Waals surface area (Å²) in [5.41, 5.74) is 0. The summed E-state index contributed by atoms with van der Waals surface area (Å²) in [6.45, 7) is 3.65. The van der Waals surface area contributed by atoms with Crippen molar-refractivity contribution in [3.8, 4) is 12.3 Å². The molecule has 88 valence electrons. The fourth-order valence-electron chi connectivity index (χ4n) is 1.91. The van der Waals surface area contributed by atoms with Crippen LogP contribution in [-0.4, -0.2) is 39.2 Å². The molecule has 1 rings (SSSR count). The van der Waals surface area contributed by atoms with E-state index >= 15 is 0 Å². The Balaban J connectivity index is 2.94. The van der Waals surface area contributed by atoms with Crippen molar-refractivity contribution in [1.29, 1.82) is 0 Å². The molecule has 0 bridgehead atoms. The molecule has 0 aromatic carbocycles. The summed E-state index contributed by atoms with van der Waals surface area (Å²) in [5, 5.41) is 9.15. The number of thiol groups is 1. The van der Waals surface area contributed by atoms with Crippen LogP contribution in [0.5, 0.6) is 0 Å². The van der Waals surface area contributed by atoms with Crippen LogP contribution in [0.3, 0.4) is 0 Å². The van der Waals surface area contributed by atoms with E-state index in [1.807, 2.05) is 0 Å². The van der Waals surface area contributed by atoms with Gasteiger partial charge < -0.3 is 10.0 Å². The number of hydrogen-bond donors (Lipinski definition) is 2. The van der Waals surface area contributed by atoms with Gasteiger partial charge in [0.2, 0.25) is 5.91 Å². The fraction of sp³-hybridized carbons (Fsp3) is 0.636. The van der Waals surface area contributed by atoms with Crippen LogP contribution >= 0.6 is 12.6 Å². The van der Waals surface area contributed by atoms with Crippen LogP contribution in [0.2, 0.25) is 0 Å². The lowest BCUT2D eigenvalue weighted by molar-refractivity contribution is -0.149. The van der Waals surface area contributed by atoms with Crippen molar-refractivity contribution in [1.82, 2.24) is 4.90 Å². The van der Waals surface area contributed by atoms with Crippen LogP contribution in [0.25, 0.3) is 0 Å². The first kappa shape index (κ1) is 12.9. The largest absolute Gasteiger partial charge is 0.480 e. The van der Waals surface area contributed by atoms with Crippen LogP contribution in [0.15, 0.2) is 0 Å². The maximum atomic E-state index is 11.7. The van der Waals surface area contributed by atoms with E-state index in [1.165, 1.54) is 4.90 Å². The molecule has 0 spiro atoms. The van der Waals surface area contributed by atoms with E-state index in [0.717, 1.165) is 0 Å². The van der Waals surface area contributed by atoms with Crippen molar-refractivity contribution in [2.45, 2.75) is 31.1 Å². The molecule has 16 heavy (non-hydrogen) atoms. The summed E-state index contributed by atoms with van der Waals surface area (Å²) < 4.78 is -0.801. The van der Waals surface area contributed by atoms with Crippen LogP contribution in [-0.2, 0) is 9.59 Å². The van der Waals surface area contributed by atoms with Gasteiger partial charge in [0.1, 0.15) is 6.04 Å². The smallest absolute Gasteiger partial charge is 0.327 e. The lowest BCUT2D eigenvalue weighted by Gasteiger charge is -2.33. The molecule has 1 heterocycles. The van der Waals surface area contributed by atoms with Gasteiger partial charge in [-0.1, -0.05) is 0 Å². The standard InChI is InChI=1S/C11H15NO3S/c1-4-7-5-8(13)12(6-7)9(10(14)15)11(2,3)16/h1,7,9,16H,5-6H2,2-3H3,(H,14,15)/t7?,9-/m1/s1. The number of amides is 1. The first-order valence-electron chi connectivity index (χ1n) is 4.98. The Labute approximate surface area is 100 Å². The van der Waals surface area contributed by atoms with Gasteiger partial charge in [0.05, 0.1) is 0 Å². The summed E-state index contributed by atoms with van der Waals surface area (Å²) in [5.74, 6) is 1.04. The zero-order valence-electron chi connectivity index (χ0n) is 9.30. The van der Waals surface area contributed by atoms with Crippen molar-refractivity contribution in [3.63, 3.8) is 0 Å². The van der Waals surface area contributed by atoms with E-state index in [1.54, 1.807) is 13.8 Å². The quantitative estimate of drug-likeness (QED) is 0.563. The van der Waals surface area contributed by atoms with Gasteiger partial charge in [0.15, 0.2) is 0 Å². The third-order valence-corrected chi connectivity index (χ3v) is 2.85. The first-order valence-corrected chi connectivity index (χ1v) is 5.43. The SMILES string of the molecule is C#CC1CC(=O)N([C@H](C(=O)O)C(C)(C)S)C1. The van der Waals surface area contributed by atoms with Crippen molar-refractivity contribution in [2.75, 3.05) is 6.54 Å². The molecule has 4 nitrogen and oxygen atoms in total. The second-order valence-electron chi connectivity index (χ2n) is 4.51. The topological polar surface area (TPSA) is 57.6 Å². The Morgan fingerprint density at radius 3 is 2.62 bits per heavy atom. The number of aliphatic carboxylic acids is 1. The van der Waals surface area contributed by atoms with Gasteiger partial charge >= 0.3 is 5.97 Å². The number of carboxylic acids is 1. The highest BCUT2D eigenvalue weighted by atomic mass is 32.1. The molecule has 1 amide bonds. The van der Waals surface area contributed by atoms with Crippen molar-refractivity contribution in [2.24, 2.45) is 5.92 Å². The zero-order chi connectivity index (χ0) is 12.5. The van der Waals surface area contributed by atoms with Crippen molar-refractivity contribution in [3.05, 3.63) is 0 Å². The molecular formula is C11H15NO3S. The Bertz CT molecular complexity index is 353. The fourth-order valence-corrected chi connectivity index (χ4v) is 2.16. The molecule has 0 saturated carbocycles. The molecular weight excluding hydrogens is 226 g/mol. The molecule has 0 aliphatic carbocycles. The van der Waals surface area contributed by atoms with Crippen molar-refractivity contribution >= 4 is 24.5 Å². The minimum atomic E-state index is -1.05. The minimum absolute atomic E-state index is 0.190. The molecule has 0 radical (unpaired) electrons. The number of carbonyl (C=O) groups excluding carboxylic acids is 1. The average Bonchev–Trinajstić information content (AvgIpc) is 2.44. The Morgan fingerprint density at radius 2 is 2.31 bits per heavy atom. The van der Waals surface area contributed by atoms with Crippen LogP contribution in [0, 0.1) is 18.3 Å². The van der Waals surface area contributed by atoms with Gasteiger partial charge in [-0.25, -0.2) is 4.79 Å². The molecule has 1 aliphatic heterocycles. The van der Waals surface area contributed by atoms with Gasteiger partial charge in [0, 0.05) is 23.6 Å². The zero-order valence-corrected chi connectivity index (χ0v) is 10.2. The lowest BCUT2D eigenvalue weighted by atomic mass is 10.0. The maximum absolute atomic E-state index is 11.7. The Kier molecular flexibility index (Phi) is 3.54. The van der Waals surface area contributed by atoms with Gasteiger partial charge in [0.25, 0.3) is 0 Å². The monoisotopic (exact) mass is 241 g/mol. The highest BCUT2D eigenvalue weighted by Gasteiger charge is 2.43. The third kappa shape index (κ3) is 2.50. The molecule has 1 unspecified atom stereocenters. The number of terminal acetylenes is 1. The van der Waals surface area contributed by atoms with E-state index in [9.17, 15) is 9.59 Å². The molecule has 1 N–H and O–H groups in total. The summed E-state index contributed by atoms with van der Waals surface area (Å²) in [4.78, 5) is 24.2. The Hall–Kier alpha value is -1.15. The van der Waals surface area contributed by atoms with Crippen LogP contribution in [0.4, 0.5) is 0 Å². The van der Waals surface area contributed by atoms with Gasteiger partial charge in [-0.15, -0.1) is 12.3 Å². The molecule has 1 saturated heterocycles. The van der Waals surface area contributed by atoms with Crippen molar-refractivity contribution < 1.29 is 14.7 Å². The predicted molar refractivity (Wildman–Crippen MR) is 63.1 cm³/mol. The Morgan fingerprint density at radius 1 is 1.75 bits per heavy atom. The number of nitrogens with zero attached hydrogens (tertiary/aromatic N) is 1. The van der Waals surface area contributed by atoms with E-state index in [4.69, 9.17) is 11.5 Å². The van der Waals surface area contributed by atoms with Gasteiger partial charge in [-0.3, -0.25) is 4.79 Å². The number of hydrogen-bond acceptors (Lipinski definition) is 3. The minimum Gasteiger partial charge on any atom is -0.480 e. The number of carboxylic acid groups (broad SMARTS) is 1. The summed E-state index contributed by atoms with van der Waals surface area (Å²) in [6.07, 6.45) is 5.47. The van der Waals surface area contributed by atoms with E-state index < -0.39 is 16.8 Å². The van der Waals surface area contributed by atoms with Crippen LogP contribution in [0.1, 0.15) is 20.3 Å². The molecule has 2 atom stereocenters. The summed E-state index contributed by atoms with van der Waals surface area (Å²) in [7, 11) is 0. The second-order valence-corrected chi connectivity index (χ2v) is 5.66. The summed E-state index contributed by atoms with van der Waals surface area (Å²) >= 11 is 4.24. The summed E-state index contributed by atoms with van der Waals surface area (Å²) in [6, 6.07) is -0.943. The number of likely N-dealkylation sites (tertiary alicyclic amines) is 1. The van der Waals surface area contributed by atoms with Crippen LogP contribution < -0.4 is 0 Å². The maximum Gasteiger partial charge on any atom is 0.327 e. The lowest BCUT2D eigenvalue weighted by Crippen LogP contribution is -2.52. The molecule has 1 aliphatic rings. The van der Waals surface area contributed by atoms with Gasteiger partial charge in [-0.2, -0.15) is 12.6 Å². The highest BCUT2D eigenvalue weighted by molar-refractivity contribution is 7.81. The molecule has 5 heteroatoms. The second kappa shape index (κ2) is 4.38. The van der Waals surface area contributed by atoms with E-state index in [2.05, 4.69) is 18.5 Å². The van der Waals surface area contributed by atoms with E-state index in [-0.39, 0.29) is 18.2 Å². The molecule has 0 aromatic heterocycles. The number of rotatable bonds is 3. The van der Waals surface area contributed by atoms with Gasteiger partial charge in [-0.05, 0) is 13.8 Å². The first-order chi connectivity index (χ1) is 7.27. The molecule has 1 fully saturated rings. The predicted octanol–water partition coefficient (Wildman–Crippen LogP) is 0.630. The normalized spacial score (nSPS) is 23.0. The highest BCUT2D eigenvalue weighted by Crippen LogP contribution is 2.28. The number of carbonyl (C=O) groups is 2. The molecule has 0 aromatic rings. The van der Waals surface area contributed by atoms with E-state index in [0.29, 0.717) is 6.54 Å². The average molecular weight is 241 g/mol. The third-order valence-electron chi connectivity index (χ3n) is 2.61.